The van der Waals surface area contributed by atoms with E-state index in [2.05, 4.69) is 11.1 Å². The van der Waals surface area contributed by atoms with E-state index in [4.69, 9.17) is 4.74 Å². The van der Waals surface area contributed by atoms with Crippen LogP contribution < -0.4 is 0 Å². The molecule has 0 spiro atoms. The summed E-state index contributed by atoms with van der Waals surface area (Å²) in [5.74, 6) is -0.385. The number of esters is 1. The van der Waals surface area contributed by atoms with Crippen molar-refractivity contribution in [3.8, 4) is 11.1 Å². The molecule has 180 valence electrons. The topological polar surface area (TPSA) is 39.2 Å². The summed E-state index contributed by atoms with van der Waals surface area (Å²) in [4.78, 5) is 16.9. The number of alkyl halides is 4. The normalized spacial score (nSPS) is 33.4. The maximum absolute atomic E-state index is 14.8. The number of hydrogen-bond donors (Lipinski definition) is 0. The number of nitrogens with zero attached hydrogens (tertiary/aromatic N) is 1. The molecular weight excluding hydrogens is 446 g/mol. The van der Waals surface area contributed by atoms with Gasteiger partial charge < -0.3 is 4.74 Å². The molecule has 1 saturated heterocycles. The Morgan fingerprint density at radius 1 is 1.09 bits per heavy atom. The number of benzene rings is 1. The molecule has 5 unspecified atom stereocenters. The second-order valence-electron chi connectivity index (χ2n) is 9.82. The number of aromatic nitrogens is 1. The van der Waals surface area contributed by atoms with Crippen LogP contribution >= 0.6 is 0 Å². The lowest BCUT2D eigenvalue weighted by Gasteiger charge is -2.47. The summed E-state index contributed by atoms with van der Waals surface area (Å²) < 4.78 is 59.4. The summed E-state index contributed by atoms with van der Waals surface area (Å²) in [6.07, 6.45) is 2.91. The zero-order valence-corrected chi connectivity index (χ0v) is 18.8. The molecule has 3 fully saturated rings. The van der Waals surface area contributed by atoms with Crippen molar-refractivity contribution in [3.05, 3.63) is 59.9 Å². The minimum Gasteiger partial charge on any atom is -0.462 e. The molecule has 5 rings (SSSR count). The molecule has 3 aliphatic rings. The van der Waals surface area contributed by atoms with E-state index in [1.54, 1.807) is 24.4 Å². The van der Waals surface area contributed by atoms with E-state index in [9.17, 15) is 22.4 Å². The largest absolute Gasteiger partial charge is 0.462 e. The molecule has 2 aliphatic carbocycles. The van der Waals surface area contributed by atoms with E-state index < -0.39 is 17.9 Å². The van der Waals surface area contributed by atoms with Gasteiger partial charge in [0.15, 0.2) is 0 Å². The average molecular weight is 474 g/mol. The highest BCUT2D eigenvalue weighted by atomic mass is 19.4. The van der Waals surface area contributed by atoms with Gasteiger partial charge in [0, 0.05) is 17.7 Å². The standard InChI is InChI=1S/C27H27F4NO2/c1-15-25-21(20-6-3-7-24(28)22(20)13-23(25)26(33)34-15)11-10-19-9-8-17(14-32-19)16-4-2-5-18(12-16)27(29,30)31/h2,4-5,8-12,14-15,20-25H,3,6-7,13H2,1H3/t15-,20?,21+,22?,23?,24?,25?/m1/s1. The molecule has 1 aromatic carbocycles. The lowest BCUT2D eigenvalue weighted by atomic mass is 9.57. The number of ether oxygens (including phenoxy) is 1. The highest BCUT2D eigenvalue weighted by Gasteiger charge is 2.55. The minimum atomic E-state index is -4.40. The number of allylic oxidation sites excluding steroid dienone is 1. The third-order valence-electron chi connectivity index (χ3n) is 7.91. The third-order valence-corrected chi connectivity index (χ3v) is 7.91. The van der Waals surface area contributed by atoms with Crippen LogP contribution in [0.4, 0.5) is 17.6 Å². The Labute approximate surface area is 196 Å². The Bertz CT molecular complexity index is 1080. The fraction of sp³-hybridized carbons (Fsp3) is 0.481. The van der Waals surface area contributed by atoms with Gasteiger partial charge in [-0.3, -0.25) is 9.78 Å². The van der Waals surface area contributed by atoms with Crippen LogP contribution in [0.2, 0.25) is 0 Å². The van der Waals surface area contributed by atoms with Crippen molar-refractivity contribution in [1.29, 1.82) is 0 Å². The van der Waals surface area contributed by atoms with E-state index in [1.807, 2.05) is 13.0 Å². The Kier molecular flexibility index (Phi) is 5.98. The molecule has 2 aromatic rings. The highest BCUT2D eigenvalue weighted by Crippen LogP contribution is 2.54. The average Bonchev–Trinajstić information content (AvgIpc) is 3.10. The molecule has 0 radical (unpaired) electrons. The smallest absolute Gasteiger partial charge is 0.416 e. The van der Waals surface area contributed by atoms with Gasteiger partial charge in [-0.05, 0) is 73.8 Å². The summed E-state index contributed by atoms with van der Waals surface area (Å²) in [7, 11) is 0. The van der Waals surface area contributed by atoms with Gasteiger partial charge in [0.2, 0.25) is 0 Å². The lowest BCUT2D eigenvalue weighted by molar-refractivity contribution is -0.144. The van der Waals surface area contributed by atoms with Crippen LogP contribution in [0.1, 0.15) is 43.9 Å². The number of hydrogen-bond acceptors (Lipinski definition) is 3. The number of halogens is 4. The molecule has 2 saturated carbocycles. The Hall–Kier alpha value is -2.70. The third kappa shape index (κ3) is 4.25. The Balaban J connectivity index is 1.39. The molecule has 1 aromatic heterocycles. The SMILES string of the molecule is C[C@H]1OC(=O)C2CC3C(F)CCCC3[C@H](C=Cc3ccc(-c4cccc(C(F)(F)F)c4)cn3)C21. The first-order valence-corrected chi connectivity index (χ1v) is 11.9. The van der Waals surface area contributed by atoms with Crippen molar-refractivity contribution < 1.29 is 27.1 Å². The van der Waals surface area contributed by atoms with Crippen LogP contribution in [0, 0.1) is 29.6 Å². The van der Waals surface area contributed by atoms with Gasteiger partial charge in [0.1, 0.15) is 12.3 Å². The van der Waals surface area contributed by atoms with Gasteiger partial charge in [-0.1, -0.05) is 30.7 Å². The van der Waals surface area contributed by atoms with Gasteiger partial charge in [-0.2, -0.15) is 13.2 Å². The first-order valence-electron chi connectivity index (χ1n) is 11.9. The summed E-state index contributed by atoms with van der Waals surface area (Å²) in [5.41, 5.74) is 1.01. The van der Waals surface area contributed by atoms with Crippen molar-refractivity contribution in [2.45, 2.75) is 51.1 Å². The quantitative estimate of drug-likeness (QED) is 0.366. The van der Waals surface area contributed by atoms with Crippen LogP contribution in [0.15, 0.2) is 48.7 Å². The maximum atomic E-state index is 14.8. The van der Waals surface area contributed by atoms with Gasteiger partial charge in [0.05, 0.1) is 17.2 Å². The number of carbonyl (C=O) groups excluding carboxylic acids is 1. The minimum absolute atomic E-state index is 0.0219. The monoisotopic (exact) mass is 473 g/mol. The molecule has 1 aliphatic heterocycles. The number of fused-ring (bicyclic) bond motifs is 2. The van der Waals surface area contributed by atoms with Gasteiger partial charge in [0.25, 0.3) is 0 Å². The zero-order valence-electron chi connectivity index (χ0n) is 18.8. The van der Waals surface area contributed by atoms with Crippen LogP contribution in [-0.2, 0) is 15.7 Å². The van der Waals surface area contributed by atoms with Crippen LogP contribution in [0.3, 0.4) is 0 Å². The molecule has 0 N–H and O–H groups in total. The summed E-state index contributed by atoms with van der Waals surface area (Å²) in [5, 5.41) is 0. The van der Waals surface area contributed by atoms with Crippen LogP contribution in [-0.4, -0.2) is 23.2 Å². The Morgan fingerprint density at radius 2 is 1.91 bits per heavy atom. The molecule has 3 nitrogen and oxygen atoms in total. The lowest BCUT2D eigenvalue weighted by Crippen LogP contribution is -2.46. The Morgan fingerprint density at radius 3 is 2.65 bits per heavy atom. The molecule has 7 atom stereocenters. The van der Waals surface area contributed by atoms with Crippen LogP contribution in [0.25, 0.3) is 17.2 Å². The first-order chi connectivity index (χ1) is 16.2. The van der Waals surface area contributed by atoms with Gasteiger partial charge in [-0.25, -0.2) is 4.39 Å². The second kappa shape index (κ2) is 8.82. The van der Waals surface area contributed by atoms with Crippen molar-refractivity contribution in [2.75, 3.05) is 0 Å². The predicted octanol–water partition coefficient (Wildman–Crippen LogP) is 6.73. The van der Waals surface area contributed by atoms with E-state index in [-0.39, 0.29) is 41.7 Å². The number of cyclic esters (lactones) is 1. The molecule has 2 heterocycles. The number of pyridine rings is 1. The summed E-state index contributed by atoms with van der Waals surface area (Å²) in [6, 6.07) is 8.68. The second-order valence-corrected chi connectivity index (χ2v) is 9.82. The predicted molar refractivity (Wildman–Crippen MR) is 120 cm³/mol. The zero-order chi connectivity index (χ0) is 24.0. The van der Waals surface area contributed by atoms with Crippen molar-refractivity contribution in [3.63, 3.8) is 0 Å². The number of rotatable bonds is 3. The van der Waals surface area contributed by atoms with E-state index in [0.717, 1.165) is 25.0 Å². The molecule has 0 bridgehead atoms. The molecule has 7 heteroatoms. The van der Waals surface area contributed by atoms with Crippen molar-refractivity contribution >= 4 is 12.0 Å². The van der Waals surface area contributed by atoms with Gasteiger partial charge >= 0.3 is 12.1 Å². The van der Waals surface area contributed by atoms with Gasteiger partial charge in [-0.15, -0.1) is 0 Å². The van der Waals surface area contributed by atoms with E-state index in [1.165, 1.54) is 6.07 Å². The molecule has 0 amide bonds. The van der Waals surface area contributed by atoms with E-state index >= 15 is 0 Å². The van der Waals surface area contributed by atoms with Crippen LogP contribution in [0.5, 0.6) is 0 Å². The molecule has 34 heavy (non-hydrogen) atoms. The van der Waals surface area contributed by atoms with E-state index in [0.29, 0.717) is 29.7 Å². The highest BCUT2D eigenvalue weighted by molar-refractivity contribution is 5.75. The summed E-state index contributed by atoms with van der Waals surface area (Å²) >= 11 is 0. The maximum Gasteiger partial charge on any atom is 0.416 e. The fourth-order valence-corrected chi connectivity index (χ4v) is 6.32. The fourth-order valence-electron chi connectivity index (χ4n) is 6.32. The number of carbonyl (C=O) groups is 1. The van der Waals surface area contributed by atoms with Crippen molar-refractivity contribution in [1.82, 2.24) is 4.98 Å². The molecular formula is C27H27F4NO2. The van der Waals surface area contributed by atoms with Crippen molar-refractivity contribution in [2.24, 2.45) is 29.6 Å². The summed E-state index contributed by atoms with van der Waals surface area (Å²) in [6.45, 7) is 1.92. The first kappa shape index (κ1) is 23.1.